The van der Waals surface area contributed by atoms with E-state index in [1.54, 1.807) is 24.3 Å². The lowest BCUT2D eigenvalue weighted by atomic mass is 10.3. The molecule has 3 N–H and O–H groups in total. The van der Waals surface area contributed by atoms with Crippen LogP contribution in [0.1, 0.15) is 16.3 Å². The quantitative estimate of drug-likeness (QED) is 0.517. The number of nitrogens with one attached hydrogen (secondary N) is 1. The lowest BCUT2D eigenvalue weighted by Crippen LogP contribution is -2.29. The Balaban J connectivity index is 2.02. The molecule has 2 aromatic rings. The Morgan fingerprint density at radius 1 is 1.32 bits per heavy atom. The molecule has 1 amide bonds. The summed E-state index contributed by atoms with van der Waals surface area (Å²) in [5, 5.41) is 0.927. The number of hydrazine groups is 1. The molecule has 100 valence electrons. The molecule has 0 radical (unpaired) electrons. The van der Waals surface area contributed by atoms with Gasteiger partial charge in [-0.25, -0.2) is 5.84 Å². The maximum Gasteiger partial charge on any atom is 0.300 e. The van der Waals surface area contributed by atoms with Gasteiger partial charge in [0.1, 0.15) is 18.1 Å². The van der Waals surface area contributed by atoms with E-state index in [9.17, 15) is 4.79 Å². The van der Waals surface area contributed by atoms with E-state index in [1.807, 2.05) is 5.43 Å². The first-order valence-corrected chi connectivity index (χ1v) is 6.03. The molecule has 0 aliphatic rings. The highest BCUT2D eigenvalue weighted by molar-refractivity contribution is 6.35. The Kier molecular flexibility index (Phi) is 4.31. The number of carbonyl (C=O) groups excluding carboxylic acids is 1. The van der Waals surface area contributed by atoms with Crippen LogP contribution < -0.4 is 16.0 Å². The van der Waals surface area contributed by atoms with E-state index in [1.165, 1.54) is 6.07 Å². The molecule has 0 atom stereocenters. The highest BCUT2D eigenvalue weighted by atomic mass is 35.5. The Morgan fingerprint density at radius 2 is 2.11 bits per heavy atom. The molecule has 0 aliphatic carbocycles. The van der Waals surface area contributed by atoms with E-state index < -0.39 is 5.91 Å². The molecule has 0 saturated carbocycles. The van der Waals surface area contributed by atoms with E-state index >= 15 is 0 Å². The fourth-order valence-electron chi connectivity index (χ4n) is 1.39. The van der Waals surface area contributed by atoms with Crippen LogP contribution in [0.5, 0.6) is 5.75 Å². The van der Waals surface area contributed by atoms with E-state index in [-0.39, 0.29) is 12.4 Å². The first-order valence-electron chi connectivity index (χ1n) is 5.27. The van der Waals surface area contributed by atoms with Crippen LogP contribution in [0.3, 0.4) is 0 Å². The number of hydrogen-bond donors (Lipinski definition) is 2. The molecule has 7 heteroatoms. The van der Waals surface area contributed by atoms with Gasteiger partial charge in [0.25, 0.3) is 0 Å². The van der Waals surface area contributed by atoms with Gasteiger partial charge in [0.15, 0.2) is 5.76 Å². The number of furan rings is 1. The van der Waals surface area contributed by atoms with Crippen molar-refractivity contribution in [1.82, 2.24) is 5.43 Å². The van der Waals surface area contributed by atoms with Gasteiger partial charge >= 0.3 is 5.91 Å². The van der Waals surface area contributed by atoms with Gasteiger partial charge in [0, 0.05) is 5.02 Å². The molecule has 2 rings (SSSR count). The number of hydrogen-bond acceptors (Lipinski definition) is 4. The molecule has 0 spiro atoms. The lowest BCUT2D eigenvalue weighted by molar-refractivity contribution is 0.0922. The number of halogens is 2. The van der Waals surface area contributed by atoms with Crippen LogP contribution >= 0.6 is 23.2 Å². The summed E-state index contributed by atoms with van der Waals surface area (Å²) in [4.78, 5) is 11.2. The minimum atomic E-state index is -0.504. The van der Waals surface area contributed by atoms with Crippen molar-refractivity contribution in [3.05, 3.63) is 51.9 Å². The number of nitrogen functional groups attached to an aromatic ring is 1. The average Bonchev–Trinajstić information content (AvgIpc) is 2.85. The Hall–Kier alpha value is -1.69. The van der Waals surface area contributed by atoms with Crippen molar-refractivity contribution in [2.75, 3.05) is 0 Å². The number of amides is 1. The average molecular weight is 301 g/mol. The van der Waals surface area contributed by atoms with Crippen molar-refractivity contribution in [2.45, 2.75) is 6.61 Å². The second-order valence-corrected chi connectivity index (χ2v) is 4.45. The number of rotatable bonds is 4. The van der Waals surface area contributed by atoms with Gasteiger partial charge in [-0.15, -0.1) is 0 Å². The predicted octanol–water partition coefficient (Wildman–Crippen LogP) is 2.77. The predicted molar refractivity (Wildman–Crippen MR) is 71.2 cm³/mol. The van der Waals surface area contributed by atoms with Crippen molar-refractivity contribution >= 4 is 29.1 Å². The zero-order chi connectivity index (χ0) is 13.8. The van der Waals surface area contributed by atoms with Gasteiger partial charge in [0.2, 0.25) is 0 Å². The van der Waals surface area contributed by atoms with Gasteiger partial charge < -0.3 is 9.15 Å². The van der Waals surface area contributed by atoms with Crippen molar-refractivity contribution in [2.24, 2.45) is 5.84 Å². The first-order chi connectivity index (χ1) is 9.10. The summed E-state index contributed by atoms with van der Waals surface area (Å²) in [6.45, 7) is 0.138. The molecule has 0 aliphatic heterocycles. The van der Waals surface area contributed by atoms with Gasteiger partial charge in [-0.3, -0.25) is 10.2 Å². The van der Waals surface area contributed by atoms with Crippen molar-refractivity contribution in [3.8, 4) is 5.75 Å². The highest BCUT2D eigenvalue weighted by Gasteiger charge is 2.10. The summed E-state index contributed by atoms with van der Waals surface area (Å²) in [5.41, 5.74) is 1.97. The van der Waals surface area contributed by atoms with E-state index in [2.05, 4.69) is 0 Å². The third kappa shape index (κ3) is 3.41. The van der Waals surface area contributed by atoms with Gasteiger partial charge in [0.05, 0.1) is 5.02 Å². The monoisotopic (exact) mass is 300 g/mol. The van der Waals surface area contributed by atoms with E-state index in [0.29, 0.717) is 21.6 Å². The fraction of sp³-hybridized carbons (Fsp3) is 0.0833. The second kappa shape index (κ2) is 5.97. The number of ether oxygens (including phenoxy) is 1. The summed E-state index contributed by atoms with van der Waals surface area (Å²) >= 11 is 11.7. The molecule has 19 heavy (non-hydrogen) atoms. The molecule has 0 unspecified atom stereocenters. The second-order valence-electron chi connectivity index (χ2n) is 3.60. The zero-order valence-corrected chi connectivity index (χ0v) is 11.2. The van der Waals surface area contributed by atoms with Gasteiger partial charge in [-0.2, -0.15) is 0 Å². The standard InChI is InChI=1S/C12H10Cl2N2O3/c13-7-1-3-10(9(14)5-7)18-6-8-2-4-11(19-8)12(17)16-15/h1-5H,6,15H2,(H,16,17). The normalized spacial score (nSPS) is 10.3. The first kappa shape index (κ1) is 13.7. The number of nitrogens with two attached hydrogens (primary N) is 1. The Morgan fingerprint density at radius 3 is 2.79 bits per heavy atom. The molecule has 1 aromatic carbocycles. The third-order valence-corrected chi connectivity index (χ3v) is 2.81. The van der Waals surface area contributed by atoms with Gasteiger partial charge in [-0.1, -0.05) is 23.2 Å². The summed E-state index contributed by atoms with van der Waals surface area (Å²) < 4.78 is 10.7. The minimum Gasteiger partial charge on any atom is -0.484 e. The van der Waals surface area contributed by atoms with Crippen LogP contribution in [-0.2, 0) is 6.61 Å². The van der Waals surface area contributed by atoms with Crippen molar-refractivity contribution in [1.29, 1.82) is 0 Å². The molecular weight excluding hydrogens is 291 g/mol. The number of benzene rings is 1. The summed E-state index contributed by atoms with van der Waals surface area (Å²) in [6, 6.07) is 8.02. The van der Waals surface area contributed by atoms with Crippen LogP contribution in [0.2, 0.25) is 10.0 Å². The highest BCUT2D eigenvalue weighted by Crippen LogP contribution is 2.28. The maximum atomic E-state index is 11.2. The topological polar surface area (TPSA) is 77.5 Å². The molecule has 1 aromatic heterocycles. The molecular formula is C12H10Cl2N2O3. The van der Waals surface area contributed by atoms with E-state index in [0.717, 1.165) is 0 Å². The van der Waals surface area contributed by atoms with E-state index in [4.69, 9.17) is 38.2 Å². The van der Waals surface area contributed by atoms with Crippen LogP contribution in [0.25, 0.3) is 0 Å². The van der Waals surface area contributed by atoms with Gasteiger partial charge in [-0.05, 0) is 30.3 Å². The van der Waals surface area contributed by atoms with Crippen LogP contribution in [0.4, 0.5) is 0 Å². The molecule has 0 bridgehead atoms. The molecule has 0 fully saturated rings. The zero-order valence-electron chi connectivity index (χ0n) is 9.65. The smallest absolute Gasteiger partial charge is 0.300 e. The summed E-state index contributed by atoms with van der Waals surface area (Å²) in [5.74, 6) is 5.56. The third-order valence-electron chi connectivity index (χ3n) is 2.28. The fourth-order valence-corrected chi connectivity index (χ4v) is 1.85. The molecule has 5 nitrogen and oxygen atoms in total. The molecule has 0 saturated heterocycles. The maximum absolute atomic E-state index is 11.2. The Labute approximate surface area is 119 Å². The van der Waals surface area contributed by atoms with Crippen LogP contribution in [0.15, 0.2) is 34.7 Å². The summed E-state index contributed by atoms with van der Waals surface area (Å²) in [6.07, 6.45) is 0. The number of carbonyl (C=O) groups is 1. The van der Waals surface area contributed by atoms with Crippen molar-refractivity contribution in [3.63, 3.8) is 0 Å². The summed E-state index contributed by atoms with van der Waals surface area (Å²) in [7, 11) is 0. The Bertz CT molecular complexity index is 598. The largest absolute Gasteiger partial charge is 0.484 e. The van der Waals surface area contributed by atoms with Crippen LogP contribution in [-0.4, -0.2) is 5.91 Å². The molecule has 1 heterocycles. The van der Waals surface area contributed by atoms with Crippen LogP contribution in [0, 0.1) is 0 Å². The minimum absolute atomic E-state index is 0.114. The lowest BCUT2D eigenvalue weighted by Gasteiger charge is -2.06. The SMILES string of the molecule is NNC(=O)c1ccc(COc2ccc(Cl)cc2Cl)o1. The van der Waals surface area contributed by atoms with Crippen molar-refractivity contribution < 1.29 is 13.9 Å².